The summed E-state index contributed by atoms with van der Waals surface area (Å²) >= 11 is 0. The van der Waals surface area contributed by atoms with Crippen molar-refractivity contribution in [2.24, 2.45) is 0 Å². The van der Waals surface area contributed by atoms with Crippen LogP contribution in [-0.4, -0.2) is 16.3 Å². The standard InChI is InChI=1S/C23H21N3/c1-2-16-8-4-6-13-21(16)26-23-20(14-15-24-23)22(25-26)19-12-7-10-17-9-3-5-11-18(17)19/h3-13,24H,2,14-15H2,1H3. The van der Waals surface area contributed by atoms with E-state index in [2.05, 4.69) is 83.7 Å². The van der Waals surface area contributed by atoms with Crippen LogP contribution >= 0.6 is 0 Å². The van der Waals surface area contributed by atoms with Crippen LogP contribution in [0.5, 0.6) is 0 Å². The Bertz CT molecular complexity index is 1100. The van der Waals surface area contributed by atoms with Crippen molar-refractivity contribution in [2.45, 2.75) is 19.8 Å². The van der Waals surface area contributed by atoms with Gasteiger partial charge in [0.1, 0.15) is 5.82 Å². The third kappa shape index (κ3) is 2.24. The van der Waals surface area contributed by atoms with Gasteiger partial charge in [-0.15, -0.1) is 0 Å². The van der Waals surface area contributed by atoms with Gasteiger partial charge in [0.2, 0.25) is 0 Å². The summed E-state index contributed by atoms with van der Waals surface area (Å²) in [7, 11) is 0. The maximum Gasteiger partial charge on any atom is 0.133 e. The van der Waals surface area contributed by atoms with E-state index in [9.17, 15) is 0 Å². The molecule has 0 radical (unpaired) electrons. The monoisotopic (exact) mass is 339 g/mol. The van der Waals surface area contributed by atoms with Gasteiger partial charge >= 0.3 is 0 Å². The Morgan fingerprint density at radius 2 is 1.77 bits per heavy atom. The van der Waals surface area contributed by atoms with Crippen LogP contribution in [0.1, 0.15) is 18.1 Å². The minimum atomic E-state index is 0.971. The summed E-state index contributed by atoms with van der Waals surface area (Å²) < 4.78 is 2.11. The molecule has 0 spiro atoms. The molecule has 3 heteroatoms. The summed E-state index contributed by atoms with van der Waals surface area (Å²) in [5.41, 5.74) is 6.14. The fraction of sp³-hybridized carbons (Fsp3) is 0.174. The maximum absolute atomic E-state index is 5.09. The first-order valence-electron chi connectivity index (χ1n) is 9.29. The van der Waals surface area contributed by atoms with E-state index in [1.807, 2.05) is 0 Å². The molecule has 1 N–H and O–H groups in total. The van der Waals surface area contributed by atoms with Crippen molar-refractivity contribution in [1.82, 2.24) is 9.78 Å². The number of nitrogens with zero attached hydrogens (tertiary/aromatic N) is 2. The van der Waals surface area contributed by atoms with Crippen molar-refractivity contribution in [3.8, 4) is 16.9 Å². The highest BCUT2D eigenvalue weighted by Gasteiger charge is 2.25. The smallest absolute Gasteiger partial charge is 0.133 e. The second kappa shape index (κ2) is 6.03. The van der Waals surface area contributed by atoms with Gasteiger partial charge in [-0.25, -0.2) is 4.68 Å². The molecule has 2 heterocycles. The number of para-hydroxylation sites is 1. The fourth-order valence-electron chi connectivity index (χ4n) is 4.01. The first kappa shape index (κ1) is 15.2. The molecule has 0 unspecified atom stereocenters. The zero-order chi connectivity index (χ0) is 17.5. The lowest BCUT2D eigenvalue weighted by molar-refractivity contribution is 0.866. The molecule has 3 aromatic carbocycles. The highest BCUT2D eigenvalue weighted by atomic mass is 15.3. The van der Waals surface area contributed by atoms with E-state index in [0.717, 1.165) is 30.9 Å². The van der Waals surface area contributed by atoms with Gasteiger partial charge in [0, 0.05) is 17.7 Å². The number of rotatable bonds is 3. The molecule has 5 rings (SSSR count). The molecule has 0 fully saturated rings. The zero-order valence-corrected chi connectivity index (χ0v) is 14.9. The Kier molecular flexibility index (Phi) is 3.52. The zero-order valence-electron chi connectivity index (χ0n) is 14.9. The molecule has 0 aliphatic carbocycles. The Morgan fingerprint density at radius 3 is 2.69 bits per heavy atom. The third-order valence-corrected chi connectivity index (χ3v) is 5.30. The molecule has 128 valence electrons. The minimum absolute atomic E-state index is 0.971. The van der Waals surface area contributed by atoms with Crippen molar-refractivity contribution in [1.29, 1.82) is 0 Å². The number of fused-ring (bicyclic) bond motifs is 2. The van der Waals surface area contributed by atoms with Gasteiger partial charge in [0.15, 0.2) is 0 Å². The van der Waals surface area contributed by atoms with Gasteiger partial charge in [-0.1, -0.05) is 67.6 Å². The SMILES string of the molecule is CCc1ccccc1-n1nc(-c2cccc3ccccc23)c2c1NCC2. The molecule has 0 saturated heterocycles. The number of anilines is 1. The van der Waals surface area contributed by atoms with Crippen LogP contribution in [-0.2, 0) is 12.8 Å². The number of aryl methyl sites for hydroxylation is 1. The normalized spacial score (nSPS) is 13.0. The Morgan fingerprint density at radius 1 is 0.962 bits per heavy atom. The molecule has 0 bridgehead atoms. The summed E-state index contributed by atoms with van der Waals surface area (Å²) in [4.78, 5) is 0. The van der Waals surface area contributed by atoms with Crippen LogP contribution in [0.4, 0.5) is 5.82 Å². The lowest BCUT2D eigenvalue weighted by Crippen LogP contribution is -2.06. The van der Waals surface area contributed by atoms with Crippen LogP contribution in [0.2, 0.25) is 0 Å². The van der Waals surface area contributed by atoms with Crippen LogP contribution in [0.3, 0.4) is 0 Å². The summed E-state index contributed by atoms with van der Waals surface area (Å²) in [6.45, 7) is 3.17. The van der Waals surface area contributed by atoms with Crippen LogP contribution in [0.25, 0.3) is 27.7 Å². The summed E-state index contributed by atoms with van der Waals surface area (Å²) in [6.07, 6.45) is 2.01. The molecule has 4 aromatic rings. The van der Waals surface area contributed by atoms with Crippen LogP contribution in [0, 0.1) is 0 Å². The van der Waals surface area contributed by atoms with Crippen LogP contribution < -0.4 is 5.32 Å². The predicted octanol–water partition coefficient (Wildman–Crippen LogP) is 5.22. The Hall–Kier alpha value is -3.07. The lowest BCUT2D eigenvalue weighted by Gasteiger charge is -2.11. The van der Waals surface area contributed by atoms with Gasteiger partial charge in [-0.2, -0.15) is 5.10 Å². The van der Waals surface area contributed by atoms with E-state index in [1.54, 1.807) is 0 Å². The fourth-order valence-corrected chi connectivity index (χ4v) is 4.01. The van der Waals surface area contributed by atoms with Gasteiger partial charge in [-0.05, 0) is 35.2 Å². The summed E-state index contributed by atoms with van der Waals surface area (Å²) in [6, 6.07) is 23.6. The Labute approximate surface area is 153 Å². The van der Waals surface area contributed by atoms with E-state index in [0.29, 0.717) is 0 Å². The van der Waals surface area contributed by atoms with Crippen molar-refractivity contribution >= 4 is 16.6 Å². The molecule has 0 atom stereocenters. The molecule has 0 saturated carbocycles. The average molecular weight is 339 g/mol. The number of hydrogen-bond donors (Lipinski definition) is 1. The van der Waals surface area contributed by atoms with E-state index >= 15 is 0 Å². The van der Waals surface area contributed by atoms with Crippen molar-refractivity contribution in [3.63, 3.8) is 0 Å². The van der Waals surface area contributed by atoms with Crippen LogP contribution in [0.15, 0.2) is 66.7 Å². The van der Waals surface area contributed by atoms with Crippen molar-refractivity contribution in [2.75, 3.05) is 11.9 Å². The molecule has 1 aromatic heterocycles. The number of aromatic nitrogens is 2. The van der Waals surface area contributed by atoms with Crippen molar-refractivity contribution in [3.05, 3.63) is 77.9 Å². The number of nitrogens with one attached hydrogen (secondary N) is 1. The van der Waals surface area contributed by atoms with Gasteiger partial charge in [0.25, 0.3) is 0 Å². The second-order valence-electron chi connectivity index (χ2n) is 6.77. The quantitative estimate of drug-likeness (QED) is 0.554. The number of benzene rings is 3. The predicted molar refractivity (Wildman–Crippen MR) is 108 cm³/mol. The molecule has 3 nitrogen and oxygen atoms in total. The van der Waals surface area contributed by atoms with Gasteiger partial charge in [-0.3, -0.25) is 0 Å². The molecule has 0 amide bonds. The van der Waals surface area contributed by atoms with E-state index in [4.69, 9.17) is 5.10 Å². The second-order valence-corrected chi connectivity index (χ2v) is 6.77. The van der Waals surface area contributed by atoms with E-state index in [-0.39, 0.29) is 0 Å². The molecule has 26 heavy (non-hydrogen) atoms. The van der Waals surface area contributed by atoms with Crippen molar-refractivity contribution < 1.29 is 0 Å². The Balaban J connectivity index is 1.77. The minimum Gasteiger partial charge on any atom is -0.369 e. The molecule has 1 aliphatic rings. The highest BCUT2D eigenvalue weighted by molar-refractivity contribution is 5.97. The van der Waals surface area contributed by atoms with Gasteiger partial charge < -0.3 is 5.32 Å². The highest BCUT2D eigenvalue weighted by Crippen LogP contribution is 2.38. The molecular weight excluding hydrogens is 318 g/mol. The third-order valence-electron chi connectivity index (χ3n) is 5.30. The average Bonchev–Trinajstić information content (AvgIpc) is 3.30. The largest absolute Gasteiger partial charge is 0.369 e. The first-order valence-corrected chi connectivity index (χ1v) is 9.29. The topological polar surface area (TPSA) is 29.9 Å². The molecule has 1 aliphatic heterocycles. The summed E-state index contributed by atoms with van der Waals surface area (Å²) in [5.74, 6) is 1.15. The van der Waals surface area contributed by atoms with E-state index in [1.165, 1.54) is 33.2 Å². The summed E-state index contributed by atoms with van der Waals surface area (Å²) in [5, 5.41) is 11.2. The lowest BCUT2D eigenvalue weighted by atomic mass is 9.99. The van der Waals surface area contributed by atoms with Gasteiger partial charge in [0.05, 0.1) is 11.4 Å². The number of hydrogen-bond acceptors (Lipinski definition) is 2. The first-order chi connectivity index (χ1) is 12.9. The van der Waals surface area contributed by atoms with E-state index < -0.39 is 0 Å². The maximum atomic E-state index is 5.09. The molecular formula is C23H21N3.